The second-order valence-electron chi connectivity index (χ2n) is 4.23. The maximum Gasteiger partial charge on any atom is 0.406 e. The summed E-state index contributed by atoms with van der Waals surface area (Å²) >= 11 is 0. The molecule has 0 aliphatic carbocycles. The van der Waals surface area contributed by atoms with Crippen LogP contribution in [-0.2, 0) is 9.59 Å². The first-order valence-corrected chi connectivity index (χ1v) is 5.78. The van der Waals surface area contributed by atoms with Crippen LogP contribution < -0.4 is 5.32 Å². The van der Waals surface area contributed by atoms with Crippen molar-refractivity contribution in [3.63, 3.8) is 0 Å². The van der Waals surface area contributed by atoms with Crippen LogP contribution >= 0.6 is 0 Å². The molecular weight excluding hydrogens is 283 g/mol. The zero-order valence-electron chi connectivity index (χ0n) is 10.4. The van der Waals surface area contributed by atoms with Crippen molar-refractivity contribution in [1.29, 1.82) is 0 Å². The number of carboxylic acid groups (broad SMARTS) is 1. The number of urea groups is 1. The summed E-state index contributed by atoms with van der Waals surface area (Å²) in [4.78, 5) is 34.8. The fourth-order valence-corrected chi connectivity index (χ4v) is 1.73. The number of rotatable bonds is 3. The Morgan fingerprint density at radius 1 is 1.35 bits per heavy atom. The van der Waals surface area contributed by atoms with Gasteiger partial charge in [-0.15, -0.1) is 0 Å². The summed E-state index contributed by atoms with van der Waals surface area (Å²) in [5.74, 6) is -1.84. The van der Waals surface area contributed by atoms with Crippen molar-refractivity contribution in [1.82, 2.24) is 15.1 Å². The molecule has 2 N–H and O–H groups in total. The number of aliphatic carboxylic acids is 1. The second kappa shape index (κ2) is 6.44. The van der Waals surface area contributed by atoms with Gasteiger partial charge in [0.15, 0.2) is 0 Å². The Bertz CT molecular complexity index is 400. The van der Waals surface area contributed by atoms with Crippen molar-refractivity contribution in [2.75, 3.05) is 32.7 Å². The number of halogens is 3. The third-order valence-corrected chi connectivity index (χ3v) is 2.55. The Hall–Kier alpha value is -2.00. The predicted octanol–water partition coefficient (Wildman–Crippen LogP) is -0.123. The van der Waals surface area contributed by atoms with Crippen molar-refractivity contribution >= 4 is 17.9 Å². The number of amides is 3. The van der Waals surface area contributed by atoms with E-state index < -0.39 is 31.3 Å². The fraction of sp³-hybridized carbons (Fsp3) is 0.700. The summed E-state index contributed by atoms with van der Waals surface area (Å²) in [7, 11) is 0. The van der Waals surface area contributed by atoms with Crippen molar-refractivity contribution in [2.45, 2.75) is 12.6 Å². The van der Waals surface area contributed by atoms with Gasteiger partial charge in [-0.3, -0.25) is 9.59 Å². The van der Waals surface area contributed by atoms with Crippen LogP contribution in [0.2, 0.25) is 0 Å². The second-order valence-corrected chi connectivity index (χ2v) is 4.23. The van der Waals surface area contributed by atoms with E-state index in [-0.39, 0.29) is 36.9 Å². The number of hydrogen-bond donors (Lipinski definition) is 2. The van der Waals surface area contributed by atoms with E-state index in [1.165, 1.54) is 0 Å². The van der Waals surface area contributed by atoms with Gasteiger partial charge in [-0.1, -0.05) is 0 Å². The Labute approximate surface area is 112 Å². The summed E-state index contributed by atoms with van der Waals surface area (Å²) in [6.07, 6.45) is -4.72. The van der Waals surface area contributed by atoms with Crippen LogP contribution in [0.25, 0.3) is 0 Å². The lowest BCUT2D eigenvalue weighted by atomic mass is 10.4. The molecule has 1 rings (SSSR count). The summed E-state index contributed by atoms with van der Waals surface area (Å²) in [6.45, 7) is -2.57. The number of alkyl halides is 3. The zero-order valence-corrected chi connectivity index (χ0v) is 10.4. The maximum atomic E-state index is 12.4. The lowest BCUT2D eigenvalue weighted by Gasteiger charge is -2.29. The number of carbonyl (C=O) groups is 3. The zero-order chi connectivity index (χ0) is 15.3. The van der Waals surface area contributed by atoms with Gasteiger partial charge in [0.05, 0.1) is 0 Å². The average Bonchev–Trinajstić information content (AvgIpc) is 2.50. The van der Waals surface area contributed by atoms with Crippen LogP contribution in [-0.4, -0.2) is 71.7 Å². The van der Waals surface area contributed by atoms with Crippen LogP contribution in [0.15, 0.2) is 0 Å². The van der Waals surface area contributed by atoms with Crippen LogP contribution in [0.3, 0.4) is 0 Å². The smallest absolute Gasteiger partial charge is 0.406 e. The summed E-state index contributed by atoms with van der Waals surface area (Å²) in [5, 5.41) is 11.0. The van der Waals surface area contributed by atoms with E-state index in [1.54, 1.807) is 0 Å². The van der Waals surface area contributed by atoms with Crippen molar-refractivity contribution < 1.29 is 32.7 Å². The molecule has 0 radical (unpaired) electrons. The molecule has 1 aliphatic rings. The van der Waals surface area contributed by atoms with E-state index in [1.807, 2.05) is 0 Å². The Kier molecular flexibility index (Phi) is 5.17. The Balaban J connectivity index is 2.75. The minimum absolute atomic E-state index is 0.0291. The van der Waals surface area contributed by atoms with Gasteiger partial charge in [0.2, 0.25) is 5.91 Å². The van der Waals surface area contributed by atoms with E-state index in [0.29, 0.717) is 0 Å². The largest absolute Gasteiger partial charge is 0.480 e. The van der Waals surface area contributed by atoms with E-state index in [2.05, 4.69) is 5.32 Å². The van der Waals surface area contributed by atoms with Gasteiger partial charge < -0.3 is 20.2 Å². The fourth-order valence-electron chi connectivity index (χ4n) is 1.73. The molecule has 20 heavy (non-hydrogen) atoms. The molecule has 0 aromatic rings. The lowest BCUT2D eigenvalue weighted by molar-refractivity contribution is -0.149. The first-order valence-electron chi connectivity index (χ1n) is 5.78. The standard InChI is InChI=1S/C10H14F3N3O4/c11-10(12,13)6-16(5-8(18)19)9(20)15-3-1-7(17)14-2-4-15/h1-6H2,(H,14,17)(H,18,19). The van der Waals surface area contributed by atoms with Gasteiger partial charge in [0.1, 0.15) is 13.1 Å². The van der Waals surface area contributed by atoms with Crippen molar-refractivity contribution in [2.24, 2.45) is 0 Å². The highest BCUT2D eigenvalue weighted by Gasteiger charge is 2.35. The molecule has 10 heteroatoms. The van der Waals surface area contributed by atoms with Crippen LogP contribution in [0.4, 0.5) is 18.0 Å². The first-order chi connectivity index (χ1) is 9.19. The summed E-state index contributed by atoms with van der Waals surface area (Å²) in [5.41, 5.74) is 0. The highest BCUT2D eigenvalue weighted by Crippen LogP contribution is 2.17. The molecule has 114 valence electrons. The van der Waals surface area contributed by atoms with E-state index in [4.69, 9.17) is 5.11 Å². The predicted molar refractivity (Wildman–Crippen MR) is 59.9 cm³/mol. The minimum atomic E-state index is -4.69. The highest BCUT2D eigenvalue weighted by molar-refractivity contribution is 5.82. The van der Waals surface area contributed by atoms with Gasteiger partial charge >= 0.3 is 18.2 Å². The van der Waals surface area contributed by atoms with Crippen LogP contribution in [0.1, 0.15) is 6.42 Å². The molecular formula is C10H14F3N3O4. The van der Waals surface area contributed by atoms with Gasteiger partial charge in [0, 0.05) is 26.1 Å². The third kappa shape index (κ3) is 5.33. The van der Waals surface area contributed by atoms with Gasteiger partial charge in [-0.2, -0.15) is 13.2 Å². The molecule has 1 heterocycles. The molecule has 3 amide bonds. The molecule has 0 unspecified atom stereocenters. The molecule has 0 atom stereocenters. The van der Waals surface area contributed by atoms with Gasteiger partial charge in [-0.25, -0.2) is 4.79 Å². The summed E-state index contributed by atoms with van der Waals surface area (Å²) in [6, 6.07) is -1.04. The molecule has 0 aromatic carbocycles. The topological polar surface area (TPSA) is 89.9 Å². The molecule has 1 saturated heterocycles. The molecule has 0 bridgehead atoms. The van der Waals surface area contributed by atoms with E-state index >= 15 is 0 Å². The molecule has 1 aliphatic heterocycles. The Morgan fingerprint density at radius 2 is 2.00 bits per heavy atom. The molecule has 7 nitrogen and oxygen atoms in total. The van der Waals surface area contributed by atoms with E-state index in [9.17, 15) is 27.6 Å². The van der Waals surface area contributed by atoms with Gasteiger partial charge in [-0.05, 0) is 0 Å². The quantitative estimate of drug-likeness (QED) is 0.760. The number of nitrogens with one attached hydrogen (secondary N) is 1. The minimum Gasteiger partial charge on any atom is -0.480 e. The third-order valence-electron chi connectivity index (χ3n) is 2.55. The van der Waals surface area contributed by atoms with E-state index in [0.717, 1.165) is 4.90 Å². The monoisotopic (exact) mass is 297 g/mol. The van der Waals surface area contributed by atoms with Crippen molar-refractivity contribution in [3.05, 3.63) is 0 Å². The molecule has 0 spiro atoms. The van der Waals surface area contributed by atoms with Crippen molar-refractivity contribution in [3.8, 4) is 0 Å². The van der Waals surface area contributed by atoms with Crippen LogP contribution in [0.5, 0.6) is 0 Å². The number of nitrogens with zero attached hydrogens (tertiary/aromatic N) is 2. The number of hydrogen-bond acceptors (Lipinski definition) is 3. The average molecular weight is 297 g/mol. The number of carbonyl (C=O) groups excluding carboxylic acids is 2. The molecule has 0 aromatic heterocycles. The summed E-state index contributed by atoms with van der Waals surface area (Å²) < 4.78 is 37.1. The SMILES string of the molecule is O=C(O)CN(CC(F)(F)F)C(=O)N1CCNC(=O)CC1. The number of carboxylic acids is 1. The Morgan fingerprint density at radius 3 is 2.55 bits per heavy atom. The van der Waals surface area contributed by atoms with Gasteiger partial charge in [0.25, 0.3) is 0 Å². The molecule has 1 fully saturated rings. The van der Waals surface area contributed by atoms with Crippen LogP contribution in [0, 0.1) is 0 Å². The first kappa shape index (κ1) is 16.1. The highest BCUT2D eigenvalue weighted by atomic mass is 19.4. The lowest BCUT2D eigenvalue weighted by Crippen LogP contribution is -2.49. The maximum absolute atomic E-state index is 12.4. The normalized spacial score (nSPS) is 16.4. The molecule has 0 saturated carbocycles.